The standard InChI is InChI=1S/C15H22N2O2S/c18-20(19,15-6-2-1-3-7-15)17(14-8-9-14)12-13-5-4-10-16-11-13/h1-3,6-7,13-14,16H,4-5,8-12H2. The molecule has 1 heterocycles. The van der Waals surface area contributed by atoms with Gasteiger partial charge in [0.05, 0.1) is 4.90 Å². The molecule has 1 unspecified atom stereocenters. The largest absolute Gasteiger partial charge is 0.316 e. The van der Waals surface area contributed by atoms with E-state index in [4.69, 9.17) is 0 Å². The summed E-state index contributed by atoms with van der Waals surface area (Å²) in [6.07, 6.45) is 4.29. The van der Waals surface area contributed by atoms with E-state index in [-0.39, 0.29) is 6.04 Å². The SMILES string of the molecule is O=S(=O)(c1ccccc1)N(CC1CCCNC1)C1CC1. The third-order valence-corrected chi connectivity index (χ3v) is 6.07. The van der Waals surface area contributed by atoms with E-state index in [1.807, 2.05) is 6.07 Å². The van der Waals surface area contributed by atoms with Crippen molar-refractivity contribution in [2.75, 3.05) is 19.6 Å². The third-order valence-electron chi connectivity index (χ3n) is 4.14. The molecule has 1 saturated heterocycles. The summed E-state index contributed by atoms with van der Waals surface area (Å²) >= 11 is 0. The third kappa shape index (κ3) is 3.05. The van der Waals surface area contributed by atoms with Gasteiger partial charge in [0.15, 0.2) is 0 Å². The summed E-state index contributed by atoms with van der Waals surface area (Å²) in [7, 11) is -3.33. The average Bonchev–Trinajstić information content (AvgIpc) is 3.31. The summed E-state index contributed by atoms with van der Waals surface area (Å²) in [4.78, 5) is 0.427. The van der Waals surface area contributed by atoms with Gasteiger partial charge in [0.2, 0.25) is 10.0 Å². The average molecular weight is 294 g/mol. The first kappa shape index (κ1) is 14.0. The van der Waals surface area contributed by atoms with E-state index in [9.17, 15) is 8.42 Å². The molecule has 4 nitrogen and oxygen atoms in total. The minimum Gasteiger partial charge on any atom is -0.316 e. The quantitative estimate of drug-likeness (QED) is 0.901. The fraction of sp³-hybridized carbons (Fsp3) is 0.600. The van der Waals surface area contributed by atoms with Crippen LogP contribution in [0, 0.1) is 5.92 Å². The summed E-state index contributed by atoms with van der Waals surface area (Å²) in [5, 5.41) is 3.37. The normalized spacial score (nSPS) is 23.9. The molecule has 1 aromatic rings. The molecule has 2 fully saturated rings. The molecule has 0 bridgehead atoms. The summed E-state index contributed by atoms with van der Waals surface area (Å²) < 4.78 is 27.3. The maximum absolute atomic E-state index is 12.8. The van der Waals surface area contributed by atoms with Gasteiger partial charge in [-0.05, 0) is 56.8 Å². The first-order valence-electron chi connectivity index (χ1n) is 7.45. The maximum atomic E-state index is 12.8. The molecular formula is C15H22N2O2S. The predicted octanol–water partition coefficient (Wildman–Crippen LogP) is 1.84. The van der Waals surface area contributed by atoms with Gasteiger partial charge in [0.1, 0.15) is 0 Å². The Bertz CT molecular complexity index is 534. The second-order valence-corrected chi connectivity index (χ2v) is 7.72. The molecule has 20 heavy (non-hydrogen) atoms. The zero-order valence-corrected chi connectivity index (χ0v) is 12.5. The van der Waals surface area contributed by atoms with Crippen LogP contribution in [-0.2, 0) is 10.0 Å². The minimum atomic E-state index is -3.33. The topological polar surface area (TPSA) is 49.4 Å². The Balaban J connectivity index is 1.79. The zero-order chi connectivity index (χ0) is 14.0. The van der Waals surface area contributed by atoms with Crippen LogP contribution in [0.2, 0.25) is 0 Å². The number of hydrogen-bond acceptors (Lipinski definition) is 3. The van der Waals surface area contributed by atoms with E-state index in [2.05, 4.69) is 5.32 Å². The van der Waals surface area contributed by atoms with Gasteiger partial charge in [0, 0.05) is 12.6 Å². The molecule has 2 aliphatic rings. The van der Waals surface area contributed by atoms with Crippen LogP contribution in [0.1, 0.15) is 25.7 Å². The van der Waals surface area contributed by atoms with Crippen molar-refractivity contribution in [3.05, 3.63) is 30.3 Å². The number of nitrogens with one attached hydrogen (secondary N) is 1. The molecule has 1 aliphatic carbocycles. The van der Waals surface area contributed by atoms with E-state index in [0.29, 0.717) is 17.4 Å². The monoisotopic (exact) mass is 294 g/mol. The van der Waals surface area contributed by atoms with Crippen LogP contribution in [0.25, 0.3) is 0 Å². The molecule has 0 aromatic heterocycles. The molecule has 1 aliphatic heterocycles. The van der Waals surface area contributed by atoms with Crippen molar-refractivity contribution >= 4 is 10.0 Å². The van der Waals surface area contributed by atoms with Crippen LogP contribution < -0.4 is 5.32 Å². The molecule has 5 heteroatoms. The molecule has 0 spiro atoms. The molecule has 0 amide bonds. The fourth-order valence-corrected chi connectivity index (χ4v) is 4.65. The number of hydrogen-bond donors (Lipinski definition) is 1. The van der Waals surface area contributed by atoms with E-state index in [1.165, 1.54) is 0 Å². The summed E-state index contributed by atoms with van der Waals surface area (Å²) in [6, 6.07) is 9.06. The van der Waals surface area contributed by atoms with Crippen LogP contribution >= 0.6 is 0 Å². The van der Waals surface area contributed by atoms with E-state index < -0.39 is 10.0 Å². The highest BCUT2D eigenvalue weighted by molar-refractivity contribution is 7.89. The van der Waals surface area contributed by atoms with Gasteiger partial charge in [-0.1, -0.05) is 18.2 Å². The lowest BCUT2D eigenvalue weighted by Gasteiger charge is -2.29. The van der Waals surface area contributed by atoms with Crippen molar-refractivity contribution in [2.45, 2.75) is 36.6 Å². The van der Waals surface area contributed by atoms with Gasteiger partial charge in [0.25, 0.3) is 0 Å². The Kier molecular flexibility index (Phi) is 4.10. The van der Waals surface area contributed by atoms with Crippen molar-refractivity contribution in [2.24, 2.45) is 5.92 Å². The Morgan fingerprint density at radius 2 is 1.90 bits per heavy atom. The second kappa shape index (κ2) is 5.84. The number of sulfonamides is 1. The van der Waals surface area contributed by atoms with Crippen LogP contribution in [-0.4, -0.2) is 38.4 Å². The molecule has 3 rings (SSSR count). The highest BCUT2D eigenvalue weighted by atomic mass is 32.2. The lowest BCUT2D eigenvalue weighted by Crippen LogP contribution is -2.42. The fourth-order valence-electron chi connectivity index (χ4n) is 2.87. The van der Waals surface area contributed by atoms with Crippen LogP contribution in [0.15, 0.2) is 35.2 Å². The molecular weight excluding hydrogens is 272 g/mol. The van der Waals surface area contributed by atoms with Gasteiger partial charge in [-0.2, -0.15) is 4.31 Å². The summed E-state index contributed by atoms with van der Waals surface area (Å²) in [6.45, 7) is 2.66. The summed E-state index contributed by atoms with van der Waals surface area (Å²) in [5.41, 5.74) is 0. The van der Waals surface area contributed by atoms with Crippen LogP contribution in [0.5, 0.6) is 0 Å². The Labute approximate surface area is 121 Å². The lowest BCUT2D eigenvalue weighted by atomic mass is 10.00. The van der Waals surface area contributed by atoms with Crippen molar-refractivity contribution in [1.82, 2.24) is 9.62 Å². The molecule has 110 valence electrons. The highest BCUT2D eigenvalue weighted by Gasteiger charge is 2.39. The molecule has 1 N–H and O–H groups in total. The number of benzene rings is 1. The van der Waals surface area contributed by atoms with Gasteiger partial charge < -0.3 is 5.32 Å². The summed E-state index contributed by atoms with van der Waals surface area (Å²) in [5.74, 6) is 0.447. The minimum absolute atomic E-state index is 0.224. The van der Waals surface area contributed by atoms with Gasteiger partial charge in [-0.15, -0.1) is 0 Å². The van der Waals surface area contributed by atoms with Crippen molar-refractivity contribution in [1.29, 1.82) is 0 Å². The van der Waals surface area contributed by atoms with Crippen molar-refractivity contribution in [3.8, 4) is 0 Å². The Morgan fingerprint density at radius 3 is 2.50 bits per heavy atom. The van der Waals surface area contributed by atoms with Crippen LogP contribution in [0.3, 0.4) is 0 Å². The predicted molar refractivity (Wildman–Crippen MR) is 78.9 cm³/mol. The van der Waals surface area contributed by atoms with Crippen molar-refractivity contribution < 1.29 is 8.42 Å². The lowest BCUT2D eigenvalue weighted by molar-refractivity contribution is 0.287. The van der Waals surface area contributed by atoms with E-state index >= 15 is 0 Å². The number of rotatable bonds is 5. The number of piperidine rings is 1. The Hall–Kier alpha value is -0.910. The van der Waals surface area contributed by atoms with Gasteiger partial charge >= 0.3 is 0 Å². The highest BCUT2D eigenvalue weighted by Crippen LogP contribution is 2.33. The molecule has 1 saturated carbocycles. The second-order valence-electron chi connectivity index (χ2n) is 5.83. The van der Waals surface area contributed by atoms with E-state index in [0.717, 1.165) is 38.8 Å². The Morgan fingerprint density at radius 1 is 1.15 bits per heavy atom. The first-order chi connectivity index (χ1) is 9.68. The van der Waals surface area contributed by atoms with Gasteiger partial charge in [-0.25, -0.2) is 8.42 Å². The zero-order valence-electron chi connectivity index (χ0n) is 11.7. The molecule has 0 radical (unpaired) electrons. The first-order valence-corrected chi connectivity index (χ1v) is 8.89. The van der Waals surface area contributed by atoms with E-state index in [1.54, 1.807) is 28.6 Å². The number of nitrogens with zero attached hydrogens (tertiary/aromatic N) is 1. The maximum Gasteiger partial charge on any atom is 0.243 e. The van der Waals surface area contributed by atoms with Crippen molar-refractivity contribution in [3.63, 3.8) is 0 Å². The van der Waals surface area contributed by atoms with Crippen LogP contribution in [0.4, 0.5) is 0 Å². The molecule has 1 atom stereocenters. The molecule has 1 aromatic carbocycles. The van der Waals surface area contributed by atoms with Gasteiger partial charge in [-0.3, -0.25) is 0 Å². The smallest absolute Gasteiger partial charge is 0.243 e.